The molecule has 3 rings (SSSR count). The molecule has 1 amide bonds. The number of hydrogen-bond acceptors (Lipinski definition) is 3. The summed E-state index contributed by atoms with van der Waals surface area (Å²) in [6.07, 6.45) is -7.10. The number of benzene rings is 2. The zero-order valence-corrected chi connectivity index (χ0v) is 18.0. The van der Waals surface area contributed by atoms with Crippen LogP contribution >= 0.6 is 0 Å². The molecule has 0 saturated heterocycles. The Morgan fingerprint density at radius 1 is 0.943 bits per heavy atom. The van der Waals surface area contributed by atoms with Crippen molar-refractivity contribution < 1.29 is 40.3 Å². The molecule has 1 atom stereocenters. The molecule has 35 heavy (non-hydrogen) atoms. The van der Waals surface area contributed by atoms with Crippen LogP contribution in [0, 0.1) is 5.82 Å². The molecule has 0 fully saturated rings. The maximum Gasteiger partial charge on any atom is 0.416 e. The van der Waals surface area contributed by atoms with Crippen LogP contribution in [0.3, 0.4) is 0 Å². The molecule has 0 aliphatic carbocycles. The predicted octanol–water partition coefficient (Wildman–Crippen LogP) is 5.99. The molecule has 1 aromatic heterocycles. The van der Waals surface area contributed by atoms with Crippen LogP contribution in [0.25, 0.3) is 0 Å². The summed E-state index contributed by atoms with van der Waals surface area (Å²) in [7, 11) is 0. The van der Waals surface area contributed by atoms with Gasteiger partial charge in [0.1, 0.15) is 5.82 Å². The van der Waals surface area contributed by atoms with Crippen molar-refractivity contribution in [2.45, 2.75) is 24.9 Å². The topological polar surface area (TPSA) is 51.2 Å². The standard InChI is InChI=1S/C24H19F7N2O2/c25-21-5-3-16(4-6-21)18(12-33-22(34)17-2-1-7-32-11-17)14-35-13-15-8-19(23(26,27)28)10-20(9-15)24(29,30)31/h1-11,18H,12-14H2,(H,33,34). The first kappa shape index (κ1) is 26.1. The van der Waals surface area contributed by atoms with E-state index >= 15 is 0 Å². The third-order valence-electron chi connectivity index (χ3n) is 5.01. The van der Waals surface area contributed by atoms with E-state index in [1.54, 1.807) is 6.07 Å². The summed E-state index contributed by atoms with van der Waals surface area (Å²) < 4.78 is 97.2. The van der Waals surface area contributed by atoms with Gasteiger partial charge in [-0.3, -0.25) is 9.78 Å². The molecule has 0 radical (unpaired) electrons. The van der Waals surface area contributed by atoms with E-state index in [0.29, 0.717) is 17.7 Å². The first-order valence-corrected chi connectivity index (χ1v) is 10.2. The van der Waals surface area contributed by atoms with Gasteiger partial charge in [0.25, 0.3) is 5.91 Å². The number of rotatable bonds is 8. The third-order valence-corrected chi connectivity index (χ3v) is 5.01. The molecule has 4 nitrogen and oxygen atoms in total. The van der Waals surface area contributed by atoms with Gasteiger partial charge in [0.05, 0.1) is 29.9 Å². The summed E-state index contributed by atoms with van der Waals surface area (Å²) in [5, 5.41) is 2.67. The molecule has 0 aliphatic rings. The number of hydrogen-bond donors (Lipinski definition) is 1. The zero-order valence-electron chi connectivity index (χ0n) is 18.0. The molecule has 186 valence electrons. The maximum atomic E-state index is 13.3. The summed E-state index contributed by atoms with van der Waals surface area (Å²) >= 11 is 0. The Labute approximate surface area is 195 Å². The summed E-state index contributed by atoms with van der Waals surface area (Å²) in [6, 6.07) is 9.60. The second-order valence-corrected chi connectivity index (χ2v) is 7.63. The number of aromatic nitrogens is 1. The van der Waals surface area contributed by atoms with Crippen LogP contribution in [0.4, 0.5) is 30.7 Å². The fourth-order valence-corrected chi connectivity index (χ4v) is 3.24. The maximum absolute atomic E-state index is 13.3. The normalized spacial score (nSPS) is 12.9. The number of carbonyl (C=O) groups excluding carboxylic acids is 1. The molecule has 1 heterocycles. The number of amides is 1. The van der Waals surface area contributed by atoms with Crippen LogP contribution in [0.2, 0.25) is 0 Å². The van der Waals surface area contributed by atoms with Gasteiger partial charge in [0.2, 0.25) is 0 Å². The molecule has 0 spiro atoms. The van der Waals surface area contributed by atoms with Gasteiger partial charge in [0.15, 0.2) is 0 Å². The smallest absolute Gasteiger partial charge is 0.376 e. The van der Waals surface area contributed by atoms with E-state index in [1.807, 2.05) is 0 Å². The summed E-state index contributed by atoms with van der Waals surface area (Å²) in [4.78, 5) is 16.2. The second kappa shape index (κ2) is 10.9. The van der Waals surface area contributed by atoms with Gasteiger partial charge in [-0.05, 0) is 53.6 Å². The zero-order chi connectivity index (χ0) is 25.6. The fraction of sp³-hybridized carbons (Fsp3) is 0.250. The number of ether oxygens (including phenoxy) is 1. The molecule has 1 N–H and O–H groups in total. The summed E-state index contributed by atoms with van der Waals surface area (Å²) in [6.45, 7) is -0.701. The SMILES string of the molecule is O=C(NCC(COCc1cc(C(F)(F)F)cc(C(F)(F)F)c1)c1ccc(F)cc1)c1cccnc1. The highest BCUT2D eigenvalue weighted by atomic mass is 19.4. The van der Waals surface area contributed by atoms with Crippen LogP contribution in [0.5, 0.6) is 0 Å². The number of halogens is 7. The van der Waals surface area contributed by atoms with Crippen molar-refractivity contribution in [3.63, 3.8) is 0 Å². The third kappa shape index (κ3) is 7.51. The number of pyridine rings is 1. The van der Waals surface area contributed by atoms with E-state index in [9.17, 15) is 35.5 Å². The van der Waals surface area contributed by atoms with Crippen molar-refractivity contribution in [3.8, 4) is 0 Å². The van der Waals surface area contributed by atoms with Crippen molar-refractivity contribution in [1.29, 1.82) is 0 Å². The van der Waals surface area contributed by atoms with Crippen molar-refractivity contribution in [1.82, 2.24) is 10.3 Å². The number of nitrogens with zero attached hydrogens (tertiary/aromatic N) is 1. The molecule has 0 aliphatic heterocycles. The Bertz CT molecular complexity index is 1100. The number of nitrogens with one attached hydrogen (secondary N) is 1. The second-order valence-electron chi connectivity index (χ2n) is 7.63. The predicted molar refractivity (Wildman–Crippen MR) is 112 cm³/mol. The van der Waals surface area contributed by atoms with E-state index in [4.69, 9.17) is 4.74 Å². The summed E-state index contributed by atoms with van der Waals surface area (Å²) in [5.74, 6) is -1.52. The van der Waals surface area contributed by atoms with Crippen LogP contribution in [0.15, 0.2) is 67.0 Å². The van der Waals surface area contributed by atoms with Crippen LogP contribution in [0.1, 0.15) is 38.5 Å². The number of alkyl halides is 6. The van der Waals surface area contributed by atoms with Crippen LogP contribution in [-0.4, -0.2) is 24.0 Å². The average Bonchev–Trinajstić information content (AvgIpc) is 2.81. The Morgan fingerprint density at radius 3 is 2.11 bits per heavy atom. The molecule has 11 heteroatoms. The Hall–Kier alpha value is -3.47. The first-order chi connectivity index (χ1) is 16.4. The van der Waals surface area contributed by atoms with Gasteiger partial charge >= 0.3 is 12.4 Å². The van der Waals surface area contributed by atoms with Crippen LogP contribution in [-0.2, 0) is 23.7 Å². The molecule has 0 saturated carbocycles. The van der Waals surface area contributed by atoms with Crippen LogP contribution < -0.4 is 5.32 Å². The van der Waals surface area contributed by atoms with Gasteiger partial charge in [-0.1, -0.05) is 12.1 Å². The van der Waals surface area contributed by atoms with E-state index in [1.165, 1.54) is 42.7 Å². The quantitative estimate of drug-likeness (QED) is 0.387. The van der Waals surface area contributed by atoms with Crippen molar-refractivity contribution in [2.24, 2.45) is 0 Å². The molecular weight excluding hydrogens is 481 g/mol. The summed E-state index contributed by atoms with van der Waals surface area (Å²) in [5.41, 5.74) is -2.35. The Kier molecular flexibility index (Phi) is 8.11. The Balaban J connectivity index is 1.74. The van der Waals surface area contributed by atoms with Gasteiger partial charge in [-0.15, -0.1) is 0 Å². The lowest BCUT2D eigenvalue weighted by molar-refractivity contribution is -0.143. The molecule has 2 aromatic carbocycles. The highest BCUT2D eigenvalue weighted by Gasteiger charge is 2.36. The van der Waals surface area contributed by atoms with E-state index in [2.05, 4.69) is 10.3 Å². The van der Waals surface area contributed by atoms with E-state index in [-0.39, 0.29) is 30.3 Å². The number of carbonyl (C=O) groups is 1. The Morgan fingerprint density at radius 2 is 1.57 bits per heavy atom. The first-order valence-electron chi connectivity index (χ1n) is 10.2. The lowest BCUT2D eigenvalue weighted by atomic mass is 9.99. The molecular formula is C24H19F7N2O2. The minimum Gasteiger partial charge on any atom is -0.376 e. The molecule has 0 bridgehead atoms. The monoisotopic (exact) mass is 500 g/mol. The van der Waals surface area contributed by atoms with Gasteiger partial charge < -0.3 is 10.1 Å². The minimum absolute atomic E-state index is 0.00967. The highest BCUT2D eigenvalue weighted by Crippen LogP contribution is 2.36. The molecule has 3 aromatic rings. The lowest BCUT2D eigenvalue weighted by Crippen LogP contribution is -2.30. The minimum atomic E-state index is -4.97. The fourth-order valence-electron chi connectivity index (χ4n) is 3.24. The highest BCUT2D eigenvalue weighted by molar-refractivity contribution is 5.93. The molecule has 1 unspecified atom stereocenters. The lowest BCUT2D eigenvalue weighted by Gasteiger charge is -2.19. The van der Waals surface area contributed by atoms with Crippen molar-refractivity contribution >= 4 is 5.91 Å². The van der Waals surface area contributed by atoms with Gasteiger partial charge in [-0.25, -0.2) is 4.39 Å². The van der Waals surface area contributed by atoms with Crippen molar-refractivity contribution in [2.75, 3.05) is 13.2 Å². The van der Waals surface area contributed by atoms with Gasteiger partial charge in [-0.2, -0.15) is 26.3 Å². The van der Waals surface area contributed by atoms with Gasteiger partial charge in [0, 0.05) is 24.9 Å². The van der Waals surface area contributed by atoms with E-state index in [0.717, 1.165) is 0 Å². The largest absolute Gasteiger partial charge is 0.416 e. The van der Waals surface area contributed by atoms with E-state index < -0.39 is 47.7 Å². The van der Waals surface area contributed by atoms with Crippen molar-refractivity contribution in [3.05, 3.63) is 101 Å². The average molecular weight is 500 g/mol.